The second kappa shape index (κ2) is 9.22. The van der Waals surface area contributed by atoms with Gasteiger partial charge in [-0.2, -0.15) is 10.1 Å². The van der Waals surface area contributed by atoms with Crippen LogP contribution in [0.2, 0.25) is 5.02 Å². The molecular formula is C24H23ClN8O2. The zero-order valence-corrected chi connectivity index (χ0v) is 20.1. The average molecular weight is 491 g/mol. The van der Waals surface area contributed by atoms with Crippen LogP contribution in [0.1, 0.15) is 29.7 Å². The number of pyridine rings is 1. The zero-order valence-electron chi connectivity index (χ0n) is 19.3. The van der Waals surface area contributed by atoms with E-state index in [1.807, 2.05) is 45.3 Å². The third kappa shape index (κ3) is 4.73. The summed E-state index contributed by atoms with van der Waals surface area (Å²) in [6, 6.07) is 8.86. The van der Waals surface area contributed by atoms with Gasteiger partial charge >= 0.3 is 6.01 Å². The molecule has 35 heavy (non-hydrogen) atoms. The van der Waals surface area contributed by atoms with Crippen LogP contribution in [0.4, 0.5) is 6.01 Å². The van der Waals surface area contributed by atoms with Gasteiger partial charge in [0.05, 0.1) is 11.8 Å². The number of hydrogen-bond acceptors (Lipinski definition) is 8. The number of aromatic nitrogens is 4. The first-order valence-corrected chi connectivity index (χ1v) is 11.3. The lowest BCUT2D eigenvalue weighted by molar-refractivity contribution is -0.118. The Labute approximate surface area is 206 Å². The molecule has 4 aromatic rings. The fourth-order valence-electron chi connectivity index (χ4n) is 3.88. The Morgan fingerprint density at radius 2 is 2.14 bits per heavy atom. The number of rotatable bonds is 5. The van der Waals surface area contributed by atoms with Crippen molar-refractivity contribution in [1.29, 1.82) is 0 Å². The monoisotopic (exact) mass is 490 g/mol. The number of oxazole rings is 1. The fourth-order valence-corrected chi connectivity index (χ4v) is 4.22. The molecule has 4 heterocycles. The van der Waals surface area contributed by atoms with Gasteiger partial charge in [0.15, 0.2) is 0 Å². The first kappa shape index (κ1) is 22.6. The summed E-state index contributed by atoms with van der Waals surface area (Å²) in [6.45, 7) is 4.11. The Kier molecular flexibility index (Phi) is 5.96. The second-order valence-electron chi connectivity index (χ2n) is 8.25. The van der Waals surface area contributed by atoms with Crippen molar-refractivity contribution in [2.45, 2.75) is 26.4 Å². The van der Waals surface area contributed by atoms with Crippen LogP contribution in [0.25, 0.3) is 11.2 Å². The number of nitrogens with zero attached hydrogens (tertiary/aromatic N) is 5. The van der Waals surface area contributed by atoms with Gasteiger partial charge in [-0.1, -0.05) is 23.7 Å². The number of aryl methyl sites for hydroxylation is 2. The summed E-state index contributed by atoms with van der Waals surface area (Å²) >= 11 is 6.60. The number of anilines is 1. The summed E-state index contributed by atoms with van der Waals surface area (Å²) < 4.78 is 7.35. The summed E-state index contributed by atoms with van der Waals surface area (Å²) in [5, 5.41) is 13.8. The van der Waals surface area contributed by atoms with E-state index in [4.69, 9.17) is 21.0 Å². The van der Waals surface area contributed by atoms with Gasteiger partial charge in [-0.05, 0) is 37.6 Å². The van der Waals surface area contributed by atoms with Gasteiger partial charge in [-0.3, -0.25) is 14.8 Å². The first-order chi connectivity index (χ1) is 16.9. The molecule has 1 unspecified atom stereocenters. The van der Waals surface area contributed by atoms with Gasteiger partial charge in [0.2, 0.25) is 11.7 Å². The topological polar surface area (TPSA) is 122 Å². The number of hydrogen-bond donors (Lipinski definition) is 3. The number of halogens is 1. The minimum absolute atomic E-state index is 0.232. The largest absolute Gasteiger partial charge is 0.404 e. The highest BCUT2D eigenvalue weighted by Gasteiger charge is 2.31. The lowest BCUT2D eigenvalue weighted by atomic mass is 9.95. The van der Waals surface area contributed by atoms with E-state index in [0.29, 0.717) is 45.6 Å². The summed E-state index contributed by atoms with van der Waals surface area (Å²) in [6.07, 6.45) is 5.20. The predicted octanol–water partition coefficient (Wildman–Crippen LogP) is 3.62. The van der Waals surface area contributed by atoms with Crippen molar-refractivity contribution < 1.29 is 9.21 Å². The van der Waals surface area contributed by atoms with Crippen molar-refractivity contribution >= 4 is 40.7 Å². The van der Waals surface area contributed by atoms with E-state index in [1.54, 1.807) is 29.2 Å². The Morgan fingerprint density at radius 3 is 2.89 bits per heavy atom. The molecule has 0 aliphatic carbocycles. The Hall–Kier alpha value is -4.18. The number of allylic oxidation sites excluding steroid dienone is 1. The normalized spacial score (nSPS) is 15.7. The Morgan fingerprint density at radius 1 is 1.29 bits per heavy atom. The average Bonchev–Trinajstić information content (AvgIpc) is 3.42. The molecule has 0 saturated carbocycles. The van der Waals surface area contributed by atoms with Crippen LogP contribution >= 0.6 is 11.6 Å². The Balaban J connectivity index is 1.46. The minimum Gasteiger partial charge on any atom is -0.404 e. The van der Waals surface area contributed by atoms with E-state index in [2.05, 4.69) is 31.0 Å². The van der Waals surface area contributed by atoms with Crippen LogP contribution < -0.4 is 16.0 Å². The maximum atomic E-state index is 13.3. The van der Waals surface area contributed by atoms with Crippen molar-refractivity contribution in [1.82, 2.24) is 30.4 Å². The third-order valence-corrected chi connectivity index (χ3v) is 5.87. The second-order valence-corrected chi connectivity index (χ2v) is 8.65. The molecule has 1 aliphatic rings. The lowest BCUT2D eigenvalue weighted by Crippen LogP contribution is -2.39. The van der Waals surface area contributed by atoms with Crippen LogP contribution in [0.5, 0.6) is 0 Å². The molecule has 5 rings (SSSR count). The number of benzene rings is 1. The summed E-state index contributed by atoms with van der Waals surface area (Å²) in [5.41, 5.74) is 4.73. The SMILES string of the molecule is CC1=C(C(=O)NCc2cnn(C)c2)C(c2ccc(C)cc2Cl)N=C(Nc2nc3cccnc3o2)N1. The number of aliphatic imine (C=N–C) groups is 1. The highest BCUT2D eigenvalue weighted by Crippen LogP contribution is 2.35. The van der Waals surface area contributed by atoms with Crippen molar-refractivity contribution in [3.8, 4) is 0 Å². The molecule has 0 bridgehead atoms. The van der Waals surface area contributed by atoms with Gasteiger partial charge < -0.3 is 15.1 Å². The smallest absolute Gasteiger partial charge is 0.304 e. The summed E-state index contributed by atoms with van der Waals surface area (Å²) in [4.78, 5) is 26.6. The molecule has 0 radical (unpaired) electrons. The summed E-state index contributed by atoms with van der Waals surface area (Å²) in [7, 11) is 1.83. The van der Waals surface area contributed by atoms with Gasteiger partial charge in [0.1, 0.15) is 11.6 Å². The summed E-state index contributed by atoms with van der Waals surface area (Å²) in [5.74, 6) is 0.119. The number of nitrogens with one attached hydrogen (secondary N) is 3. The van der Waals surface area contributed by atoms with Crippen LogP contribution in [0.15, 0.2) is 69.6 Å². The number of amides is 1. The van der Waals surface area contributed by atoms with Crippen molar-refractivity contribution in [2.75, 3.05) is 5.32 Å². The van der Waals surface area contributed by atoms with Crippen molar-refractivity contribution in [3.05, 3.63) is 81.9 Å². The zero-order chi connectivity index (χ0) is 24.5. The molecule has 1 aromatic carbocycles. The van der Waals surface area contributed by atoms with Gasteiger partial charge in [0, 0.05) is 47.8 Å². The van der Waals surface area contributed by atoms with E-state index < -0.39 is 6.04 Å². The molecule has 1 atom stereocenters. The number of carbonyl (C=O) groups excluding carboxylic acids is 1. The van der Waals surface area contributed by atoms with Crippen LogP contribution in [0.3, 0.4) is 0 Å². The standard InChI is InChI=1S/C24H23ClN8O2/c1-13-6-7-16(17(25)9-13)20-19(21(34)27-10-15-11-28-33(3)12-15)14(2)29-23(31-20)32-24-30-18-5-4-8-26-22(18)35-24/h4-9,11-12,20H,10H2,1-3H3,(H,27,34)(H2,29,30,31,32). The maximum Gasteiger partial charge on any atom is 0.304 e. The maximum absolute atomic E-state index is 13.3. The third-order valence-electron chi connectivity index (χ3n) is 5.54. The van der Waals surface area contributed by atoms with Gasteiger partial charge in [-0.15, -0.1) is 0 Å². The molecule has 3 aromatic heterocycles. The molecule has 178 valence electrons. The van der Waals surface area contributed by atoms with Crippen molar-refractivity contribution in [3.63, 3.8) is 0 Å². The molecule has 1 amide bonds. The van der Waals surface area contributed by atoms with E-state index in [1.165, 1.54) is 0 Å². The first-order valence-electron chi connectivity index (χ1n) is 10.9. The fraction of sp³-hybridized carbons (Fsp3) is 0.208. The highest BCUT2D eigenvalue weighted by atomic mass is 35.5. The lowest BCUT2D eigenvalue weighted by Gasteiger charge is -2.27. The molecule has 0 spiro atoms. The minimum atomic E-state index is -0.650. The Bertz CT molecular complexity index is 1450. The molecule has 0 saturated heterocycles. The van der Waals surface area contributed by atoms with E-state index in [-0.39, 0.29) is 11.9 Å². The van der Waals surface area contributed by atoms with E-state index in [0.717, 1.165) is 11.1 Å². The highest BCUT2D eigenvalue weighted by molar-refractivity contribution is 6.31. The van der Waals surface area contributed by atoms with Crippen molar-refractivity contribution in [2.24, 2.45) is 12.0 Å². The van der Waals surface area contributed by atoms with E-state index in [9.17, 15) is 4.79 Å². The van der Waals surface area contributed by atoms with Gasteiger partial charge in [-0.25, -0.2) is 9.98 Å². The van der Waals surface area contributed by atoms with Gasteiger partial charge in [0.25, 0.3) is 5.91 Å². The molecule has 11 heteroatoms. The number of guanidine groups is 1. The predicted molar refractivity (Wildman–Crippen MR) is 133 cm³/mol. The number of fused-ring (bicyclic) bond motifs is 1. The molecular weight excluding hydrogens is 468 g/mol. The van der Waals surface area contributed by atoms with Crippen LogP contribution in [0, 0.1) is 6.92 Å². The number of carbonyl (C=O) groups is 1. The molecule has 1 aliphatic heterocycles. The molecule has 0 fully saturated rings. The quantitative estimate of drug-likeness (QED) is 0.390. The van der Waals surface area contributed by atoms with Crippen LogP contribution in [-0.4, -0.2) is 31.6 Å². The molecule has 10 nitrogen and oxygen atoms in total. The molecule has 3 N–H and O–H groups in total. The van der Waals surface area contributed by atoms with E-state index >= 15 is 0 Å². The van der Waals surface area contributed by atoms with Crippen LogP contribution in [-0.2, 0) is 18.4 Å².